The summed E-state index contributed by atoms with van der Waals surface area (Å²) >= 11 is 0. The number of amides is 1. The normalized spacial score (nSPS) is 18.7. The first-order valence-corrected chi connectivity index (χ1v) is 10.3. The summed E-state index contributed by atoms with van der Waals surface area (Å²) in [4.78, 5) is 27.7. The van der Waals surface area contributed by atoms with Gasteiger partial charge in [0.15, 0.2) is 18.0 Å². The first kappa shape index (κ1) is 22.8. The predicted octanol–water partition coefficient (Wildman–Crippen LogP) is 0.802. The lowest BCUT2D eigenvalue weighted by Crippen LogP contribution is -2.44. The number of alkyl halides is 2. The zero-order valence-corrected chi connectivity index (χ0v) is 17.9. The third kappa shape index (κ3) is 4.57. The Kier molecular flexibility index (Phi) is 6.65. The van der Waals surface area contributed by atoms with E-state index < -0.39 is 24.4 Å². The maximum absolute atomic E-state index is 13.7. The van der Waals surface area contributed by atoms with Crippen LogP contribution in [0, 0.1) is 0 Å². The summed E-state index contributed by atoms with van der Waals surface area (Å²) in [6, 6.07) is 3.16. The summed E-state index contributed by atoms with van der Waals surface area (Å²) in [5, 5.41) is 3.01. The number of nitrogens with one attached hydrogen (secondary N) is 1. The van der Waals surface area contributed by atoms with Crippen LogP contribution in [0.5, 0.6) is 5.75 Å². The number of anilines is 1. The Morgan fingerprint density at radius 1 is 1.48 bits per heavy atom. The van der Waals surface area contributed by atoms with Gasteiger partial charge in [-0.15, -0.1) is 0 Å². The third-order valence-electron chi connectivity index (χ3n) is 5.45. The molecule has 0 radical (unpaired) electrons. The number of primary amides is 1. The van der Waals surface area contributed by atoms with Crippen molar-refractivity contribution in [1.82, 2.24) is 9.55 Å². The molecule has 10 nitrogen and oxygen atoms in total. The SMILES string of the molecule is COC[C@H](Nc1ccc2c(c1)OCCn1cc([N+]3=C(C=O)COC[C@H]3C(F)F)nc1-2)C(N)=O. The lowest BCUT2D eigenvalue weighted by molar-refractivity contribution is -0.518. The van der Waals surface area contributed by atoms with E-state index >= 15 is 0 Å². The number of nitrogens with zero attached hydrogens (tertiary/aromatic N) is 3. The minimum absolute atomic E-state index is 0.0633. The van der Waals surface area contributed by atoms with Crippen LogP contribution in [0.4, 0.5) is 20.3 Å². The van der Waals surface area contributed by atoms with Gasteiger partial charge >= 0.3 is 5.82 Å². The molecule has 2 atom stereocenters. The fourth-order valence-corrected chi connectivity index (χ4v) is 3.87. The quantitative estimate of drug-likeness (QED) is 0.438. The molecule has 4 rings (SSSR count). The van der Waals surface area contributed by atoms with Crippen LogP contribution >= 0.6 is 0 Å². The molecule has 0 unspecified atom stereocenters. The molecular weight excluding hydrogens is 440 g/mol. The summed E-state index contributed by atoms with van der Waals surface area (Å²) < 4.78 is 46.4. The fourth-order valence-electron chi connectivity index (χ4n) is 3.87. The van der Waals surface area contributed by atoms with E-state index in [0.29, 0.717) is 42.3 Å². The third-order valence-corrected chi connectivity index (χ3v) is 5.45. The maximum Gasteiger partial charge on any atom is 0.342 e. The number of methoxy groups -OCH3 is 1. The van der Waals surface area contributed by atoms with E-state index in [1.54, 1.807) is 29.0 Å². The monoisotopic (exact) mass is 464 g/mol. The zero-order valence-electron chi connectivity index (χ0n) is 17.9. The van der Waals surface area contributed by atoms with E-state index in [1.807, 2.05) is 0 Å². The Balaban J connectivity index is 1.71. The summed E-state index contributed by atoms with van der Waals surface area (Å²) in [6.45, 7) is 0.553. The van der Waals surface area contributed by atoms with Crippen LogP contribution < -0.4 is 15.8 Å². The number of imidazole rings is 1. The van der Waals surface area contributed by atoms with Crippen LogP contribution in [0.1, 0.15) is 0 Å². The van der Waals surface area contributed by atoms with Crippen molar-refractivity contribution in [3.8, 4) is 17.1 Å². The number of carbonyl (C=O) groups is 2. The highest BCUT2D eigenvalue weighted by Gasteiger charge is 2.39. The maximum atomic E-state index is 13.7. The Bertz CT molecular complexity index is 1090. The number of aromatic nitrogens is 2. The molecular formula is C21H24F2N5O5+. The van der Waals surface area contributed by atoms with Crippen LogP contribution in [0.2, 0.25) is 0 Å². The van der Waals surface area contributed by atoms with Crippen LogP contribution in [0.3, 0.4) is 0 Å². The van der Waals surface area contributed by atoms with E-state index in [4.69, 9.17) is 19.9 Å². The molecule has 1 aromatic carbocycles. The molecule has 176 valence electrons. The van der Waals surface area contributed by atoms with E-state index in [1.165, 1.54) is 11.7 Å². The molecule has 0 bridgehead atoms. The van der Waals surface area contributed by atoms with Crippen molar-refractivity contribution in [2.75, 3.05) is 38.9 Å². The van der Waals surface area contributed by atoms with Gasteiger partial charge in [-0.25, -0.2) is 13.4 Å². The van der Waals surface area contributed by atoms with Crippen molar-refractivity contribution in [1.29, 1.82) is 0 Å². The second-order valence-electron chi connectivity index (χ2n) is 7.63. The Labute approximate surface area is 187 Å². The number of aldehydes is 1. The number of ether oxygens (including phenoxy) is 3. The Morgan fingerprint density at radius 3 is 3.00 bits per heavy atom. The second-order valence-corrected chi connectivity index (χ2v) is 7.63. The van der Waals surface area contributed by atoms with Crippen molar-refractivity contribution < 1.29 is 37.2 Å². The van der Waals surface area contributed by atoms with Gasteiger partial charge in [-0.2, -0.15) is 0 Å². The molecule has 1 amide bonds. The minimum Gasteiger partial charge on any atom is -0.491 e. The summed E-state index contributed by atoms with van der Waals surface area (Å²) in [5.74, 6) is 0.694. The topological polar surface area (TPSA) is 121 Å². The molecule has 0 spiro atoms. The molecule has 1 aromatic heterocycles. The lowest BCUT2D eigenvalue weighted by atomic mass is 10.1. The smallest absolute Gasteiger partial charge is 0.342 e. The molecule has 0 saturated heterocycles. The van der Waals surface area contributed by atoms with Crippen LogP contribution in [-0.2, 0) is 25.6 Å². The van der Waals surface area contributed by atoms with Crippen LogP contribution in [0.15, 0.2) is 24.4 Å². The highest BCUT2D eigenvalue weighted by molar-refractivity contribution is 6.26. The van der Waals surface area contributed by atoms with Gasteiger partial charge in [0.05, 0.1) is 25.3 Å². The number of benzene rings is 1. The zero-order chi connectivity index (χ0) is 23.5. The van der Waals surface area contributed by atoms with Crippen molar-refractivity contribution in [2.45, 2.75) is 25.1 Å². The van der Waals surface area contributed by atoms with Gasteiger partial charge in [0.25, 0.3) is 12.2 Å². The number of halogens is 2. The first-order valence-electron chi connectivity index (χ1n) is 10.3. The summed E-state index contributed by atoms with van der Waals surface area (Å²) in [6.07, 6.45) is -0.578. The summed E-state index contributed by atoms with van der Waals surface area (Å²) in [7, 11) is 1.47. The van der Waals surface area contributed by atoms with Gasteiger partial charge < -0.3 is 29.8 Å². The molecule has 2 aliphatic rings. The summed E-state index contributed by atoms with van der Waals surface area (Å²) in [5.41, 5.74) is 6.73. The molecule has 2 aliphatic heterocycles. The minimum atomic E-state index is -2.73. The highest BCUT2D eigenvalue weighted by Crippen LogP contribution is 2.36. The average Bonchev–Trinajstić information content (AvgIpc) is 3.14. The van der Waals surface area contributed by atoms with Gasteiger partial charge in [0, 0.05) is 18.9 Å². The number of hydrogen-bond donors (Lipinski definition) is 2. The number of hydrogen-bond acceptors (Lipinski definition) is 7. The van der Waals surface area contributed by atoms with E-state index in [2.05, 4.69) is 10.3 Å². The Morgan fingerprint density at radius 2 is 2.30 bits per heavy atom. The van der Waals surface area contributed by atoms with E-state index in [-0.39, 0.29) is 31.4 Å². The van der Waals surface area contributed by atoms with Crippen molar-refractivity contribution in [3.63, 3.8) is 0 Å². The number of fused-ring (bicyclic) bond motifs is 3. The highest BCUT2D eigenvalue weighted by atomic mass is 19.3. The largest absolute Gasteiger partial charge is 0.491 e. The molecule has 33 heavy (non-hydrogen) atoms. The van der Waals surface area contributed by atoms with Gasteiger partial charge in [-0.05, 0) is 17.1 Å². The number of carbonyl (C=O) groups excluding carboxylic acids is 2. The average molecular weight is 464 g/mol. The van der Waals surface area contributed by atoms with Gasteiger partial charge in [-0.3, -0.25) is 9.59 Å². The molecule has 3 heterocycles. The van der Waals surface area contributed by atoms with Gasteiger partial charge in [0.2, 0.25) is 5.91 Å². The number of rotatable bonds is 8. The molecule has 0 fully saturated rings. The molecule has 12 heteroatoms. The predicted molar refractivity (Wildman–Crippen MR) is 113 cm³/mol. The molecule has 2 aromatic rings. The number of nitrogens with two attached hydrogens (primary N) is 1. The van der Waals surface area contributed by atoms with Crippen LogP contribution in [0.25, 0.3) is 11.4 Å². The van der Waals surface area contributed by atoms with Gasteiger partial charge in [0.1, 0.15) is 31.2 Å². The van der Waals surface area contributed by atoms with Crippen molar-refractivity contribution in [2.24, 2.45) is 5.73 Å². The first-order chi connectivity index (χ1) is 15.9. The standard InChI is InChI=1S/C21H23F2N5O5/c1-31-10-15(20(24)30)25-12-2-3-14-17(6-12)33-5-4-27-7-18(26-21(14)27)28-13(8-29)9-32-11-16(28)19(22)23/h2-3,6-8,15-16,19H,4-5,9-11H2,1H3,(H2-,24,25,26,30)/p+1/t15-,16-/m0/s1. The van der Waals surface area contributed by atoms with Crippen molar-refractivity contribution in [3.05, 3.63) is 24.4 Å². The fraction of sp³-hybridized carbons (Fsp3) is 0.429. The van der Waals surface area contributed by atoms with E-state index in [9.17, 15) is 18.4 Å². The van der Waals surface area contributed by atoms with Crippen molar-refractivity contribution >= 4 is 29.4 Å². The second kappa shape index (κ2) is 9.63. The molecule has 0 aliphatic carbocycles. The van der Waals surface area contributed by atoms with Crippen LogP contribution in [-0.4, -0.2) is 84.1 Å². The molecule has 3 N–H and O–H groups in total. The molecule has 0 saturated carbocycles. The Hall–Kier alpha value is -3.38. The lowest BCUT2D eigenvalue weighted by Gasteiger charge is -2.22. The van der Waals surface area contributed by atoms with E-state index in [0.717, 1.165) is 0 Å². The van der Waals surface area contributed by atoms with Gasteiger partial charge in [-0.1, -0.05) is 0 Å².